The van der Waals surface area contributed by atoms with Crippen molar-refractivity contribution in [3.63, 3.8) is 0 Å². The van der Waals surface area contributed by atoms with Crippen molar-refractivity contribution in [2.24, 2.45) is 0 Å². The number of rotatable bonds is 1. The highest BCUT2D eigenvalue weighted by Gasteiger charge is 1.90. The summed E-state index contributed by atoms with van der Waals surface area (Å²) in [5, 5.41) is 2.67. The lowest BCUT2D eigenvalue weighted by molar-refractivity contribution is -0.114. The lowest BCUT2D eigenvalue weighted by atomic mass is 10.3. The zero-order valence-corrected chi connectivity index (χ0v) is 5.79. The smallest absolute Gasteiger partial charge is 0.221 e. The van der Waals surface area contributed by atoms with Gasteiger partial charge < -0.3 is 5.32 Å². The van der Waals surface area contributed by atoms with Crippen LogP contribution in [0.5, 0.6) is 0 Å². The van der Waals surface area contributed by atoms with Crippen molar-refractivity contribution >= 4 is 11.6 Å². The molecule has 1 aromatic rings. The Morgan fingerprint density at radius 3 is 2.08 bits per heavy atom. The van der Waals surface area contributed by atoms with Crippen molar-refractivity contribution in [2.75, 3.05) is 5.32 Å². The predicted molar refractivity (Wildman–Crippen MR) is 54.2 cm³/mol. The van der Waals surface area contributed by atoms with E-state index >= 15 is 0 Å². The van der Waals surface area contributed by atoms with E-state index in [4.69, 9.17) is 0 Å². The molecule has 0 radical (unpaired) electrons. The molecule has 1 rings (SSSR count). The Bertz CT molecular complexity index is 219. The standard InChI is InChI=1S/C8H9NO.2CH4/c1-7(10)9-8-5-3-2-4-6-8;;/h2-6H,1H3,(H,9,10);2*1H4. The van der Waals surface area contributed by atoms with Crippen molar-refractivity contribution in [3.8, 4) is 0 Å². The fourth-order valence-electron chi connectivity index (χ4n) is 0.725. The lowest BCUT2D eigenvalue weighted by Gasteiger charge is -1.98. The van der Waals surface area contributed by atoms with Crippen molar-refractivity contribution in [1.82, 2.24) is 0 Å². The van der Waals surface area contributed by atoms with Crippen LogP contribution < -0.4 is 5.32 Å². The molecule has 12 heavy (non-hydrogen) atoms. The maximum atomic E-state index is 10.5. The third-order valence-corrected chi connectivity index (χ3v) is 1.09. The molecule has 0 atom stereocenters. The summed E-state index contributed by atoms with van der Waals surface area (Å²) in [4.78, 5) is 10.5. The second kappa shape index (κ2) is 6.40. The maximum Gasteiger partial charge on any atom is 0.221 e. The molecule has 0 bridgehead atoms. The molecule has 0 aliphatic rings. The van der Waals surface area contributed by atoms with E-state index in [0.29, 0.717) is 0 Å². The summed E-state index contributed by atoms with van der Waals surface area (Å²) in [6.45, 7) is 1.49. The van der Waals surface area contributed by atoms with Gasteiger partial charge in [-0.3, -0.25) is 4.79 Å². The summed E-state index contributed by atoms with van der Waals surface area (Å²) in [5.74, 6) is -0.0359. The maximum absolute atomic E-state index is 10.5. The fraction of sp³-hybridized carbons (Fsp3) is 0.300. The van der Waals surface area contributed by atoms with Crippen molar-refractivity contribution in [1.29, 1.82) is 0 Å². The number of anilines is 1. The van der Waals surface area contributed by atoms with Crippen LogP contribution >= 0.6 is 0 Å². The van der Waals surface area contributed by atoms with Crippen LogP contribution in [0.4, 0.5) is 5.69 Å². The molecule has 0 saturated heterocycles. The molecule has 68 valence electrons. The molecule has 2 heteroatoms. The van der Waals surface area contributed by atoms with Crippen molar-refractivity contribution in [2.45, 2.75) is 21.8 Å². The van der Waals surface area contributed by atoms with Crippen LogP contribution in [-0.2, 0) is 4.79 Å². The van der Waals surface area contributed by atoms with Gasteiger partial charge >= 0.3 is 0 Å². The average molecular weight is 167 g/mol. The highest BCUT2D eigenvalue weighted by atomic mass is 16.1. The number of hydrogen-bond donors (Lipinski definition) is 1. The average Bonchev–Trinajstić information content (AvgIpc) is 1.88. The molecule has 1 amide bonds. The van der Waals surface area contributed by atoms with E-state index in [-0.39, 0.29) is 20.8 Å². The first-order valence-corrected chi connectivity index (χ1v) is 3.11. The van der Waals surface area contributed by atoms with E-state index in [1.807, 2.05) is 30.3 Å². The molecule has 0 fully saturated rings. The van der Waals surface area contributed by atoms with E-state index in [0.717, 1.165) is 5.69 Å². The largest absolute Gasteiger partial charge is 0.326 e. The number of nitrogens with one attached hydrogen (secondary N) is 1. The van der Waals surface area contributed by atoms with E-state index in [9.17, 15) is 4.79 Å². The third kappa shape index (κ3) is 4.50. The van der Waals surface area contributed by atoms with Crippen molar-refractivity contribution in [3.05, 3.63) is 30.3 Å². The van der Waals surface area contributed by atoms with Crippen LogP contribution in [0.1, 0.15) is 21.8 Å². The Kier molecular flexibility index (Phi) is 7.09. The summed E-state index contributed by atoms with van der Waals surface area (Å²) in [7, 11) is 0. The first-order valence-electron chi connectivity index (χ1n) is 3.11. The molecule has 0 heterocycles. The minimum Gasteiger partial charge on any atom is -0.326 e. The van der Waals surface area contributed by atoms with Crippen LogP contribution in [0, 0.1) is 0 Å². The van der Waals surface area contributed by atoms with Gasteiger partial charge in [-0.25, -0.2) is 0 Å². The number of para-hydroxylation sites is 1. The summed E-state index contributed by atoms with van der Waals surface area (Å²) in [5.41, 5.74) is 0.843. The van der Waals surface area contributed by atoms with Gasteiger partial charge in [0, 0.05) is 12.6 Å². The zero-order valence-electron chi connectivity index (χ0n) is 5.79. The number of carbonyl (C=O) groups is 1. The third-order valence-electron chi connectivity index (χ3n) is 1.09. The Morgan fingerprint density at radius 1 is 1.17 bits per heavy atom. The van der Waals surface area contributed by atoms with Gasteiger partial charge in [-0.15, -0.1) is 0 Å². The lowest BCUT2D eigenvalue weighted by Crippen LogP contribution is -2.04. The Hall–Kier alpha value is -1.31. The van der Waals surface area contributed by atoms with Gasteiger partial charge in [0.25, 0.3) is 0 Å². The minimum absolute atomic E-state index is 0. The summed E-state index contributed by atoms with van der Waals surface area (Å²) < 4.78 is 0. The van der Waals surface area contributed by atoms with Gasteiger partial charge in [-0.1, -0.05) is 33.1 Å². The van der Waals surface area contributed by atoms with Gasteiger partial charge in [0.15, 0.2) is 0 Å². The Labute approximate surface area is 74.6 Å². The molecule has 0 aromatic heterocycles. The fourth-order valence-corrected chi connectivity index (χ4v) is 0.725. The quantitative estimate of drug-likeness (QED) is 0.684. The summed E-state index contributed by atoms with van der Waals surface area (Å²) in [6, 6.07) is 9.37. The molecule has 0 aliphatic heterocycles. The van der Waals surface area contributed by atoms with Crippen LogP contribution in [0.3, 0.4) is 0 Å². The molecule has 1 aromatic carbocycles. The first kappa shape index (κ1) is 13.3. The van der Waals surface area contributed by atoms with E-state index < -0.39 is 0 Å². The van der Waals surface area contributed by atoms with Gasteiger partial charge in [0.05, 0.1) is 0 Å². The molecule has 1 N–H and O–H groups in total. The van der Waals surface area contributed by atoms with Crippen LogP contribution in [0.25, 0.3) is 0 Å². The number of hydrogen-bond acceptors (Lipinski definition) is 1. The number of amides is 1. The highest BCUT2D eigenvalue weighted by molar-refractivity contribution is 5.88. The van der Waals surface area contributed by atoms with Gasteiger partial charge in [0.1, 0.15) is 0 Å². The normalized spacial score (nSPS) is 7.42. The van der Waals surface area contributed by atoms with Gasteiger partial charge in [-0.05, 0) is 12.1 Å². The molecule has 2 nitrogen and oxygen atoms in total. The topological polar surface area (TPSA) is 29.1 Å². The van der Waals surface area contributed by atoms with Crippen LogP contribution in [0.2, 0.25) is 0 Å². The zero-order chi connectivity index (χ0) is 7.40. The first-order chi connectivity index (χ1) is 4.79. The van der Waals surface area contributed by atoms with Crippen LogP contribution in [-0.4, -0.2) is 5.91 Å². The Morgan fingerprint density at radius 2 is 1.67 bits per heavy atom. The van der Waals surface area contributed by atoms with Crippen molar-refractivity contribution < 1.29 is 4.79 Å². The van der Waals surface area contributed by atoms with E-state index in [2.05, 4.69) is 5.32 Å². The molecule has 0 spiro atoms. The summed E-state index contributed by atoms with van der Waals surface area (Å²) >= 11 is 0. The molecular formula is C10H17NO. The summed E-state index contributed by atoms with van der Waals surface area (Å²) in [6.07, 6.45) is 0. The number of benzene rings is 1. The van der Waals surface area contributed by atoms with E-state index in [1.54, 1.807) is 0 Å². The predicted octanol–water partition coefficient (Wildman–Crippen LogP) is 2.92. The molecule has 0 saturated carbocycles. The second-order valence-corrected chi connectivity index (χ2v) is 2.05. The monoisotopic (exact) mass is 167 g/mol. The number of carbonyl (C=O) groups excluding carboxylic acids is 1. The van der Waals surface area contributed by atoms with Gasteiger partial charge in [-0.2, -0.15) is 0 Å². The highest BCUT2D eigenvalue weighted by Crippen LogP contribution is 2.03. The second-order valence-electron chi connectivity index (χ2n) is 2.05. The SMILES string of the molecule is C.C.CC(=O)Nc1ccccc1. The molecule has 0 unspecified atom stereocenters. The Balaban J connectivity index is 0. The minimum atomic E-state index is -0.0359. The molecular weight excluding hydrogens is 150 g/mol. The van der Waals surface area contributed by atoms with Gasteiger partial charge in [0.2, 0.25) is 5.91 Å². The van der Waals surface area contributed by atoms with E-state index in [1.165, 1.54) is 6.92 Å². The molecule has 0 aliphatic carbocycles. The van der Waals surface area contributed by atoms with Crippen LogP contribution in [0.15, 0.2) is 30.3 Å².